The van der Waals surface area contributed by atoms with Crippen LogP contribution in [0.1, 0.15) is 0 Å². The van der Waals surface area contributed by atoms with Crippen LogP contribution in [0, 0.1) is 0 Å². The minimum absolute atomic E-state index is 0.379. The number of fused-ring (bicyclic) bond motifs is 1. The Balaban J connectivity index is 2.37. The number of hydrogen-bond acceptors (Lipinski definition) is 4. The lowest BCUT2D eigenvalue weighted by Crippen LogP contribution is -2.01. The molecule has 0 amide bonds. The number of hydrogen-bond donors (Lipinski definition) is 0. The Morgan fingerprint density at radius 2 is 1.84 bits per heavy atom. The molecule has 0 radical (unpaired) electrons. The van der Waals surface area contributed by atoms with Crippen LogP contribution in [0.25, 0.3) is 21.9 Å². The summed E-state index contributed by atoms with van der Waals surface area (Å²) in [4.78, 5) is 0. The number of rotatable bonds is 2. The fraction of sp³-hybridized carbons (Fsp3) is 0.0667. The molecule has 0 aliphatic rings. The molecule has 94 valence electrons. The van der Waals surface area contributed by atoms with Gasteiger partial charge >= 0.3 is 0 Å². The Kier molecular flexibility index (Phi) is 2.76. The van der Waals surface area contributed by atoms with E-state index in [-0.39, 0.29) is 5.88 Å². The second kappa shape index (κ2) is 4.57. The zero-order chi connectivity index (χ0) is 13.2. The monoisotopic (exact) mass is 251 g/mol. The molecular weight excluding hydrogens is 240 g/mol. The Bertz CT molecular complexity index is 736. The standard InChI is InChI=1S/C15H12N2O2/c1-19-13-9-16-17-15(18)14(13)12-8-4-6-10-5-2-3-7-11(10)12/h2-9H,1H3,(H,17,18)/p-1. The summed E-state index contributed by atoms with van der Waals surface area (Å²) in [7, 11) is 1.52. The molecule has 3 aromatic rings. The SMILES string of the molecule is COc1cnnc([O-])c1-c1cccc2ccccc12. The van der Waals surface area contributed by atoms with Crippen molar-refractivity contribution in [3.8, 4) is 22.8 Å². The maximum atomic E-state index is 12.0. The first-order chi connectivity index (χ1) is 9.31. The Hall–Kier alpha value is -2.62. The van der Waals surface area contributed by atoms with E-state index in [1.54, 1.807) is 0 Å². The van der Waals surface area contributed by atoms with E-state index < -0.39 is 0 Å². The fourth-order valence-electron chi connectivity index (χ4n) is 2.20. The van der Waals surface area contributed by atoms with Gasteiger partial charge in [0.1, 0.15) is 5.75 Å². The molecule has 0 aliphatic carbocycles. The molecule has 0 aliphatic heterocycles. The maximum Gasteiger partial charge on any atom is 0.147 e. The van der Waals surface area contributed by atoms with Crippen molar-refractivity contribution in [3.63, 3.8) is 0 Å². The second-order valence-electron chi connectivity index (χ2n) is 4.12. The summed E-state index contributed by atoms with van der Waals surface area (Å²) < 4.78 is 5.23. The molecule has 0 N–H and O–H groups in total. The minimum Gasteiger partial charge on any atom is -0.857 e. The van der Waals surface area contributed by atoms with E-state index in [1.807, 2.05) is 42.5 Å². The van der Waals surface area contributed by atoms with Crippen LogP contribution in [-0.4, -0.2) is 17.3 Å². The number of methoxy groups -OCH3 is 1. The van der Waals surface area contributed by atoms with Crippen LogP contribution in [0.2, 0.25) is 0 Å². The molecule has 19 heavy (non-hydrogen) atoms. The third-order valence-electron chi connectivity index (χ3n) is 3.06. The zero-order valence-corrected chi connectivity index (χ0v) is 10.3. The van der Waals surface area contributed by atoms with Crippen molar-refractivity contribution in [2.75, 3.05) is 7.11 Å². The summed E-state index contributed by atoms with van der Waals surface area (Å²) in [5.41, 5.74) is 1.27. The number of nitrogens with zero attached hydrogens (tertiary/aromatic N) is 2. The van der Waals surface area contributed by atoms with Crippen molar-refractivity contribution < 1.29 is 9.84 Å². The van der Waals surface area contributed by atoms with Crippen LogP contribution >= 0.6 is 0 Å². The highest BCUT2D eigenvalue weighted by atomic mass is 16.5. The maximum absolute atomic E-state index is 12.0. The summed E-state index contributed by atoms with van der Waals surface area (Å²) in [6.07, 6.45) is 1.46. The largest absolute Gasteiger partial charge is 0.857 e. The van der Waals surface area contributed by atoms with Crippen molar-refractivity contribution in [1.29, 1.82) is 0 Å². The smallest absolute Gasteiger partial charge is 0.147 e. The van der Waals surface area contributed by atoms with Gasteiger partial charge in [0.05, 0.1) is 13.3 Å². The molecule has 2 aromatic carbocycles. The first kappa shape index (κ1) is 11.5. The number of aromatic nitrogens is 2. The Morgan fingerprint density at radius 3 is 2.68 bits per heavy atom. The molecule has 4 heteroatoms. The average molecular weight is 251 g/mol. The van der Waals surface area contributed by atoms with E-state index in [1.165, 1.54) is 13.3 Å². The lowest BCUT2D eigenvalue weighted by molar-refractivity contribution is -0.275. The van der Waals surface area contributed by atoms with Crippen molar-refractivity contribution in [3.05, 3.63) is 48.7 Å². The molecule has 0 spiro atoms. The van der Waals surface area contributed by atoms with Crippen LogP contribution in [0.5, 0.6) is 11.6 Å². The molecule has 0 bridgehead atoms. The summed E-state index contributed by atoms with van der Waals surface area (Å²) in [6, 6.07) is 13.7. The molecule has 0 saturated carbocycles. The lowest BCUT2D eigenvalue weighted by atomic mass is 9.99. The van der Waals surface area contributed by atoms with Gasteiger partial charge < -0.3 is 9.84 Å². The molecule has 0 unspecified atom stereocenters. The van der Waals surface area contributed by atoms with E-state index in [2.05, 4.69) is 10.2 Å². The van der Waals surface area contributed by atoms with Crippen LogP contribution < -0.4 is 9.84 Å². The number of ether oxygens (including phenoxy) is 1. The third-order valence-corrected chi connectivity index (χ3v) is 3.06. The lowest BCUT2D eigenvalue weighted by Gasteiger charge is -2.16. The summed E-state index contributed by atoms with van der Waals surface area (Å²) in [5.74, 6) is 0.0621. The highest BCUT2D eigenvalue weighted by Gasteiger charge is 2.11. The summed E-state index contributed by atoms with van der Waals surface area (Å²) in [6.45, 7) is 0. The van der Waals surface area contributed by atoms with Gasteiger partial charge in [-0.1, -0.05) is 42.5 Å². The van der Waals surface area contributed by atoms with E-state index in [9.17, 15) is 5.11 Å². The van der Waals surface area contributed by atoms with Gasteiger partial charge in [-0.2, -0.15) is 10.2 Å². The molecule has 3 rings (SSSR count). The third kappa shape index (κ3) is 1.87. The molecule has 0 fully saturated rings. The van der Waals surface area contributed by atoms with Gasteiger partial charge in [-0.25, -0.2) is 0 Å². The van der Waals surface area contributed by atoms with Gasteiger partial charge in [-0.05, 0) is 16.3 Å². The fourth-order valence-corrected chi connectivity index (χ4v) is 2.20. The molecule has 0 atom stereocenters. The van der Waals surface area contributed by atoms with E-state index >= 15 is 0 Å². The minimum atomic E-state index is -0.379. The van der Waals surface area contributed by atoms with Gasteiger partial charge in [0.25, 0.3) is 0 Å². The van der Waals surface area contributed by atoms with Crippen LogP contribution in [0.3, 0.4) is 0 Å². The average Bonchev–Trinajstić information content (AvgIpc) is 2.46. The summed E-state index contributed by atoms with van der Waals surface area (Å²) >= 11 is 0. The van der Waals surface area contributed by atoms with E-state index in [4.69, 9.17) is 4.74 Å². The van der Waals surface area contributed by atoms with Gasteiger partial charge in [0.2, 0.25) is 0 Å². The highest BCUT2D eigenvalue weighted by molar-refractivity contribution is 5.98. The van der Waals surface area contributed by atoms with E-state index in [0.29, 0.717) is 11.3 Å². The van der Waals surface area contributed by atoms with Crippen molar-refractivity contribution in [1.82, 2.24) is 10.2 Å². The van der Waals surface area contributed by atoms with Gasteiger partial charge in [-0.3, -0.25) is 0 Å². The second-order valence-corrected chi connectivity index (χ2v) is 4.12. The summed E-state index contributed by atoms with van der Waals surface area (Å²) in [5, 5.41) is 21.3. The predicted molar refractivity (Wildman–Crippen MR) is 71.0 cm³/mol. The first-order valence-corrected chi connectivity index (χ1v) is 5.86. The quantitative estimate of drug-likeness (QED) is 0.701. The molecule has 0 saturated heterocycles. The molecule has 1 heterocycles. The van der Waals surface area contributed by atoms with Gasteiger partial charge in [0.15, 0.2) is 0 Å². The first-order valence-electron chi connectivity index (χ1n) is 5.86. The predicted octanol–water partition coefficient (Wildman–Crippen LogP) is 2.38. The van der Waals surface area contributed by atoms with E-state index in [0.717, 1.165) is 16.3 Å². The van der Waals surface area contributed by atoms with Crippen LogP contribution in [0.15, 0.2) is 48.7 Å². The Morgan fingerprint density at radius 1 is 1.05 bits per heavy atom. The zero-order valence-electron chi connectivity index (χ0n) is 10.3. The topological polar surface area (TPSA) is 58.1 Å². The molecule has 1 aromatic heterocycles. The van der Waals surface area contributed by atoms with Gasteiger partial charge in [-0.15, -0.1) is 0 Å². The van der Waals surface area contributed by atoms with Crippen LogP contribution in [0.4, 0.5) is 0 Å². The van der Waals surface area contributed by atoms with Crippen molar-refractivity contribution in [2.45, 2.75) is 0 Å². The normalized spacial score (nSPS) is 10.6. The van der Waals surface area contributed by atoms with Crippen molar-refractivity contribution >= 4 is 10.8 Å². The number of benzene rings is 2. The van der Waals surface area contributed by atoms with Crippen molar-refractivity contribution in [2.24, 2.45) is 0 Å². The van der Waals surface area contributed by atoms with Gasteiger partial charge in [0, 0.05) is 11.4 Å². The van der Waals surface area contributed by atoms with Crippen LogP contribution in [-0.2, 0) is 0 Å². The Labute approximate surface area is 110 Å². The highest BCUT2D eigenvalue weighted by Crippen LogP contribution is 2.37. The molecular formula is C15H11N2O2-. The molecule has 4 nitrogen and oxygen atoms in total.